The SMILES string of the molecule is C[C@H](OC[C@@H]1CCCCO1)C(=O)NC[C@H](O)c1ccc(Cl)cc1. The van der Waals surface area contributed by atoms with Crippen molar-refractivity contribution in [3.63, 3.8) is 0 Å². The summed E-state index contributed by atoms with van der Waals surface area (Å²) in [4.78, 5) is 12.0. The van der Waals surface area contributed by atoms with E-state index in [9.17, 15) is 9.90 Å². The Morgan fingerprint density at radius 2 is 2.17 bits per heavy atom. The van der Waals surface area contributed by atoms with E-state index in [-0.39, 0.29) is 18.6 Å². The van der Waals surface area contributed by atoms with Crippen LogP contribution < -0.4 is 5.32 Å². The molecule has 0 aromatic heterocycles. The minimum absolute atomic E-state index is 0.0821. The third-order valence-electron chi connectivity index (χ3n) is 3.90. The third kappa shape index (κ3) is 6.11. The maximum atomic E-state index is 12.0. The van der Waals surface area contributed by atoms with E-state index in [0.29, 0.717) is 17.2 Å². The molecule has 1 amide bonds. The van der Waals surface area contributed by atoms with Gasteiger partial charge in [-0.25, -0.2) is 0 Å². The Morgan fingerprint density at radius 3 is 2.83 bits per heavy atom. The Kier molecular flexibility index (Phi) is 7.30. The molecule has 1 aliphatic rings. The summed E-state index contributed by atoms with van der Waals surface area (Å²) in [5.74, 6) is -0.242. The summed E-state index contributed by atoms with van der Waals surface area (Å²) in [7, 11) is 0. The van der Waals surface area contributed by atoms with Crippen molar-refractivity contribution in [3.8, 4) is 0 Å². The maximum Gasteiger partial charge on any atom is 0.248 e. The molecule has 1 saturated heterocycles. The zero-order valence-corrected chi connectivity index (χ0v) is 14.1. The number of hydrogen-bond acceptors (Lipinski definition) is 4. The highest BCUT2D eigenvalue weighted by Gasteiger charge is 2.19. The first-order chi connectivity index (χ1) is 11.1. The summed E-state index contributed by atoms with van der Waals surface area (Å²) < 4.78 is 11.1. The second-order valence-electron chi connectivity index (χ2n) is 5.78. The van der Waals surface area contributed by atoms with E-state index in [4.69, 9.17) is 21.1 Å². The number of halogens is 1. The van der Waals surface area contributed by atoms with Crippen molar-refractivity contribution in [1.29, 1.82) is 0 Å². The molecule has 0 saturated carbocycles. The molecule has 3 atom stereocenters. The van der Waals surface area contributed by atoms with Gasteiger partial charge in [0.25, 0.3) is 0 Å². The Morgan fingerprint density at radius 1 is 1.43 bits per heavy atom. The van der Waals surface area contributed by atoms with Gasteiger partial charge in [-0.2, -0.15) is 0 Å². The molecule has 128 valence electrons. The molecule has 23 heavy (non-hydrogen) atoms. The highest BCUT2D eigenvalue weighted by molar-refractivity contribution is 6.30. The van der Waals surface area contributed by atoms with Gasteiger partial charge in [0.2, 0.25) is 5.91 Å². The van der Waals surface area contributed by atoms with Gasteiger partial charge in [-0.3, -0.25) is 4.79 Å². The predicted molar refractivity (Wildman–Crippen MR) is 88.4 cm³/mol. The number of carbonyl (C=O) groups excluding carboxylic acids is 1. The number of amides is 1. The first-order valence-corrected chi connectivity index (χ1v) is 8.38. The van der Waals surface area contributed by atoms with E-state index >= 15 is 0 Å². The molecule has 0 unspecified atom stereocenters. The highest BCUT2D eigenvalue weighted by atomic mass is 35.5. The van der Waals surface area contributed by atoms with Crippen LogP contribution >= 0.6 is 11.6 Å². The topological polar surface area (TPSA) is 67.8 Å². The fraction of sp³-hybridized carbons (Fsp3) is 0.588. The number of carbonyl (C=O) groups is 1. The van der Waals surface area contributed by atoms with Crippen LogP contribution in [-0.4, -0.2) is 43.0 Å². The monoisotopic (exact) mass is 341 g/mol. The summed E-state index contributed by atoms with van der Waals surface area (Å²) in [5, 5.41) is 13.4. The number of nitrogens with one attached hydrogen (secondary N) is 1. The van der Waals surface area contributed by atoms with Crippen LogP contribution in [0.3, 0.4) is 0 Å². The largest absolute Gasteiger partial charge is 0.387 e. The second kappa shape index (κ2) is 9.23. The Hall–Kier alpha value is -1.14. The maximum absolute atomic E-state index is 12.0. The standard InChI is InChI=1S/C17H24ClNO4/c1-12(23-11-15-4-2-3-9-22-15)17(21)19-10-16(20)13-5-7-14(18)8-6-13/h5-8,12,15-16,20H,2-4,9-11H2,1H3,(H,19,21)/t12-,15-,16-/m0/s1. The summed E-state index contributed by atoms with van der Waals surface area (Å²) in [6.07, 6.45) is 1.95. The molecule has 1 aliphatic heterocycles. The summed E-state index contributed by atoms with van der Waals surface area (Å²) in [5.41, 5.74) is 0.707. The highest BCUT2D eigenvalue weighted by Crippen LogP contribution is 2.16. The van der Waals surface area contributed by atoms with Gasteiger partial charge in [-0.1, -0.05) is 23.7 Å². The van der Waals surface area contributed by atoms with Crippen molar-refractivity contribution in [3.05, 3.63) is 34.9 Å². The van der Waals surface area contributed by atoms with Crippen LogP contribution in [0.5, 0.6) is 0 Å². The van der Waals surface area contributed by atoms with Crippen molar-refractivity contribution in [2.24, 2.45) is 0 Å². The molecule has 1 aromatic rings. The Bertz CT molecular complexity index is 488. The van der Waals surface area contributed by atoms with Crippen LogP contribution in [0.1, 0.15) is 37.9 Å². The van der Waals surface area contributed by atoms with Crippen molar-refractivity contribution < 1.29 is 19.4 Å². The molecule has 1 heterocycles. The fourth-order valence-electron chi connectivity index (χ4n) is 2.41. The lowest BCUT2D eigenvalue weighted by atomic mass is 10.1. The molecule has 0 aliphatic carbocycles. The average molecular weight is 342 g/mol. The molecule has 5 nitrogen and oxygen atoms in total. The van der Waals surface area contributed by atoms with Crippen LogP contribution in [0.4, 0.5) is 0 Å². The second-order valence-corrected chi connectivity index (χ2v) is 6.21. The van der Waals surface area contributed by atoms with Crippen LogP contribution in [0.2, 0.25) is 5.02 Å². The van der Waals surface area contributed by atoms with Gasteiger partial charge < -0.3 is 19.9 Å². The zero-order valence-electron chi connectivity index (χ0n) is 13.3. The summed E-state index contributed by atoms with van der Waals surface area (Å²) in [6, 6.07) is 6.88. The van der Waals surface area contributed by atoms with Crippen LogP contribution in [0.25, 0.3) is 0 Å². The Labute approximate surface area is 141 Å². The number of ether oxygens (including phenoxy) is 2. The normalized spacial score (nSPS) is 20.7. The molecule has 0 spiro atoms. The smallest absolute Gasteiger partial charge is 0.248 e. The molecule has 1 aromatic carbocycles. The van der Waals surface area contributed by atoms with Crippen LogP contribution in [-0.2, 0) is 14.3 Å². The first kappa shape index (κ1) is 18.2. The molecule has 1 fully saturated rings. The summed E-state index contributed by atoms with van der Waals surface area (Å²) in [6.45, 7) is 3.02. The molecule has 2 N–H and O–H groups in total. The first-order valence-electron chi connectivity index (χ1n) is 8.00. The van der Waals surface area contributed by atoms with E-state index in [0.717, 1.165) is 25.9 Å². The minimum atomic E-state index is -0.773. The predicted octanol–water partition coefficient (Wildman–Crippen LogP) is 2.46. The number of benzene rings is 1. The van der Waals surface area contributed by atoms with Gasteiger partial charge in [0, 0.05) is 18.2 Å². The van der Waals surface area contributed by atoms with E-state index in [1.54, 1.807) is 31.2 Å². The van der Waals surface area contributed by atoms with Crippen molar-refractivity contribution in [2.45, 2.75) is 44.5 Å². The zero-order chi connectivity index (χ0) is 16.7. The van der Waals surface area contributed by atoms with Gasteiger partial charge >= 0.3 is 0 Å². The van der Waals surface area contributed by atoms with Gasteiger partial charge in [0.05, 0.1) is 18.8 Å². The van der Waals surface area contributed by atoms with Gasteiger partial charge in [-0.05, 0) is 43.9 Å². The third-order valence-corrected chi connectivity index (χ3v) is 4.15. The summed E-state index contributed by atoms with van der Waals surface area (Å²) >= 11 is 5.81. The van der Waals surface area contributed by atoms with Crippen molar-refractivity contribution in [2.75, 3.05) is 19.8 Å². The lowest BCUT2D eigenvalue weighted by Crippen LogP contribution is -2.38. The average Bonchev–Trinajstić information content (AvgIpc) is 2.58. The molecule has 0 bridgehead atoms. The quantitative estimate of drug-likeness (QED) is 0.799. The van der Waals surface area contributed by atoms with Gasteiger partial charge in [-0.15, -0.1) is 0 Å². The fourth-order valence-corrected chi connectivity index (χ4v) is 2.54. The Balaban J connectivity index is 1.69. The lowest BCUT2D eigenvalue weighted by molar-refractivity contribution is -0.136. The molecule has 2 rings (SSSR count). The van der Waals surface area contributed by atoms with E-state index < -0.39 is 12.2 Å². The lowest BCUT2D eigenvalue weighted by Gasteiger charge is -2.24. The van der Waals surface area contributed by atoms with Crippen molar-refractivity contribution >= 4 is 17.5 Å². The van der Waals surface area contributed by atoms with E-state index in [2.05, 4.69) is 5.32 Å². The minimum Gasteiger partial charge on any atom is -0.387 e. The number of rotatable bonds is 7. The number of hydrogen-bond donors (Lipinski definition) is 2. The van der Waals surface area contributed by atoms with Crippen LogP contribution in [0, 0.1) is 0 Å². The van der Waals surface area contributed by atoms with E-state index in [1.165, 1.54) is 0 Å². The molecule has 0 radical (unpaired) electrons. The van der Waals surface area contributed by atoms with E-state index in [1.807, 2.05) is 0 Å². The number of aliphatic hydroxyl groups excluding tert-OH is 1. The van der Waals surface area contributed by atoms with Crippen LogP contribution in [0.15, 0.2) is 24.3 Å². The van der Waals surface area contributed by atoms with Gasteiger partial charge in [0.1, 0.15) is 6.10 Å². The van der Waals surface area contributed by atoms with Gasteiger partial charge in [0.15, 0.2) is 0 Å². The van der Waals surface area contributed by atoms with Crippen molar-refractivity contribution in [1.82, 2.24) is 5.32 Å². The molecular weight excluding hydrogens is 318 g/mol. The number of aliphatic hydroxyl groups is 1. The molecular formula is C17H24ClNO4. The molecule has 6 heteroatoms.